The summed E-state index contributed by atoms with van der Waals surface area (Å²) >= 11 is 0. The van der Waals surface area contributed by atoms with Crippen molar-refractivity contribution in [1.82, 2.24) is 4.98 Å². The maximum Gasteiger partial charge on any atom is 0.0723 e. The molecule has 0 saturated carbocycles. The minimum atomic E-state index is 0.251. The molecule has 1 aliphatic rings. The van der Waals surface area contributed by atoms with Gasteiger partial charge in [0.1, 0.15) is 0 Å². The van der Waals surface area contributed by atoms with E-state index < -0.39 is 0 Å². The summed E-state index contributed by atoms with van der Waals surface area (Å²) in [7, 11) is 0. The first kappa shape index (κ1) is 35.9. The van der Waals surface area contributed by atoms with E-state index in [0.29, 0.717) is 5.92 Å². The molecule has 2 heteroatoms. The number of hydrogen-bond acceptors (Lipinski definition) is 2. The molecular weight excluding hydrogens is 629 g/mol. The second-order valence-electron chi connectivity index (χ2n) is 13.5. The van der Waals surface area contributed by atoms with Crippen molar-refractivity contribution in [2.24, 2.45) is 10.9 Å². The Hall–Kier alpha value is -5.86. The summed E-state index contributed by atoms with van der Waals surface area (Å²) in [5.41, 5.74) is 15.2. The van der Waals surface area contributed by atoms with Crippen LogP contribution in [-0.4, -0.2) is 16.7 Å². The Bertz CT molecular complexity index is 2190. The average molecular weight is 677 g/mol. The van der Waals surface area contributed by atoms with Crippen LogP contribution in [0.5, 0.6) is 0 Å². The van der Waals surface area contributed by atoms with Crippen molar-refractivity contribution in [1.29, 1.82) is 0 Å². The minimum Gasteiger partial charge on any atom is -0.281 e. The Morgan fingerprint density at radius 1 is 0.577 bits per heavy atom. The lowest BCUT2D eigenvalue weighted by Gasteiger charge is -2.25. The van der Waals surface area contributed by atoms with Crippen molar-refractivity contribution in [3.63, 3.8) is 0 Å². The second kappa shape index (κ2) is 17.4. The van der Waals surface area contributed by atoms with Gasteiger partial charge in [-0.1, -0.05) is 179 Å². The van der Waals surface area contributed by atoms with Gasteiger partial charge in [-0.25, -0.2) is 0 Å². The van der Waals surface area contributed by atoms with Crippen LogP contribution in [-0.2, 0) is 0 Å². The highest BCUT2D eigenvalue weighted by molar-refractivity contribution is 6.36. The molecular formula is C50H48N2. The van der Waals surface area contributed by atoms with E-state index in [1.807, 2.05) is 12.3 Å². The van der Waals surface area contributed by atoms with E-state index in [9.17, 15) is 0 Å². The number of nitrogens with zero attached hydrogens (tertiary/aromatic N) is 2. The molecule has 0 aliphatic heterocycles. The molecule has 52 heavy (non-hydrogen) atoms. The highest BCUT2D eigenvalue weighted by Gasteiger charge is 2.24. The summed E-state index contributed by atoms with van der Waals surface area (Å²) in [5.74, 6) is 0.505. The zero-order chi connectivity index (χ0) is 36.3. The molecule has 0 unspecified atom stereocenters. The quantitative estimate of drug-likeness (QED) is 0.150. The van der Waals surface area contributed by atoms with Crippen molar-refractivity contribution < 1.29 is 0 Å². The topological polar surface area (TPSA) is 25.2 Å². The summed E-state index contributed by atoms with van der Waals surface area (Å²) < 4.78 is 0. The van der Waals surface area contributed by atoms with E-state index in [0.717, 1.165) is 35.3 Å². The van der Waals surface area contributed by atoms with Gasteiger partial charge >= 0.3 is 0 Å². The molecule has 0 amide bonds. The van der Waals surface area contributed by atoms with Crippen molar-refractivity contribution in [2.45, 2.75) is 46.6 Å². The first-order chi connectivity index (χ1) is 25.5. The van der Waals surface area contributed by atoms with Gasteiger partial charge in [-0.3, -0.25) is 9.98 Å². The smallest absolute Gasteiger partial charge is 0.0723 e. The van der Waals surface area contributed by atoms with Gasteiger partial charge < -0.3 is 0 Å². The van der Waals surface area contributed by atoms with Gasteiger partial charge in [-0.15, -0.1) is 0 Å². The van der Waals surface area contributed by atoms with Crippen molar-refractivity contribution in [2.75, 3.05) is 0 Å². The van der Waals surface area contributed by atoms with Crippen LogP contribution in [0, 0.1) is 12.8 Å². The summed E-state index contributed by atoms with van der Waals surface area (Å²) in [6.07, 6.45) is 10.3. The van der Waals surface area contributed by atoms with Gasteiger partial charge in [-0.05, 0) is 93.1 Å². The van der Waals surface area contributed by atoms with Gasteiger partial charge in [-0.2, -0.15) is 0 Å². The molecule has 0 bridgehead atoms. The van der Waals surface area contributed by atoms with Crippen LogP contribution < -0.4 is 0 Å². The Kier molecular flexibility index (Phi) is 12.0. The number of pyridine rings is 1. The summed E-state index contributed by atoms with van der Waals surface area (Å²) in [6, 6.07) is 51.3. The summed E-state index contributed by atoms with van der Waals surface area (Å²) in [4.78, 5) is 9.50. The van der Waals surface area contributed by atoms with Crippen LogP contribution in [0.3, 0.4) is 0 Å². The number of hydrogen-bond donors (Lipinski definition) is 0. The fraction of sp³-hybridized carbons (Fsp3) is 0.160. The van der Waals surface area contributed by atoms with Gasteiger partial charge in [0.25, 0.3) is 0 Å². The zero-order valence-corrected chi connectivity index (χ0v) is 30.8. The van der Waals surface area contributed by atoms with Gasteiger partial charge in [0.2, 0.25) is 0 Å². The molecule has 0 saturated heterocycles. The van der Waals surface area contributed by atoms with E-state index in [1.165, 1.54) is 50.1 Å². The third-order valence-corrected chi connectivity index (χ3v) is 9.84. The standard InChI is InChI=1S/C38H37N.C12H11N/c1-5-27(3)37(6-2)39-38-28(4)25-31(34-23-14-13-21-32(34)29-17-9-7-10-18-29)26-36(38)35-24-16-15-22-33(35)30-19-11-8-12-20-30;1-10-4-2-5-11(8-10)12-6-3-7-13-9-12/h7-27,37H,4-6H2,1-3H3;2-9H,1H3/t27-,37-;/m1./s1. The van der Waals surface area contributed by atoms with Crippen LogP contribution >= 0.6 is 0 Å². The highest BCUT2D eigenvalue weighted by Crippen LogP contribution is 2.39. The van der Waals surface area contributed by atoms with E-state index in [-0.39, 0.29) is 6.04 Å². The lowest BCUT2D eigenvalue weighted by atomic mass is 9.82. The van der Waals surface area contributed by atoms with Gasteiger partial charge in [0.05, 0.1) is 11.8 Å². The van der Waals surface area contributed by atoms with Crippen LogP contribution in [0.25, 0.3) is 44.5 Å². The molecule has 0 spiro atoms. The van der Waals surface area contributed by atoms with E-state index >= 15 is 0 Å². The van der Waals surface area contributed by atoms with Crippen molar-refractivity contribution in [3.05, 3.63) is 199 Å². The lowest BCUT2D eigenvalue weighted by molar-refractivity contribution is 0.435. The Labute approximate surface area is 310 Å². The maximum atomic E-state index is 5.41. The number of aromatic nitrogens is 1. The average Bonchev–Trinajstić information content (AvgIpc) is 3.21. The molecule has 7 rings (SSSR count). The van der Waals surface area contributed by atoms with E-state index in [4.69, 9.17) is 4.99 Å². The van der Waals surface area contributed by atoms with Crippen molar-refractivity contribution >= 4 is 16.9 Å². The Morgan fingerprint density at radius 3 is 1.71 bits per heavy atom. The fourth-order valence-electron chi connectivity index (χ4n) is 6.82. The maximum absolute atomic E-state index is 5.41. The molecule has 1 aromatic heterocycles. The first-order valence-electron chi connectivity index (χ1n) is 18.4. The molecule has 1 heterocycles. The summed E-state index contributed by atoms with van der Waals surface area (Å²) in [5, 5.41) is 0. The van der Waals surface area contributed by atoms with E-state index in [1.54, 1.807) is 6.20 Å². The monoisotopic (exact) mass is 676 g/mol. The molecule has 5 aromatic carbocycles. The number of aryl methyl sites for hydroxylation is 1. The molecule has 2 atom stereocenters. The number of rotatable bonds is 9. The lowest BCUT2D eigenvalue weighted by Crippen LogP contribution is -2.19. The molecule has 1 aliphatic carbocycles. The predicted octanol–water partition coefficient (Wildman–Crippen LogP) is 13.4. The number of aliphatic imine (C=N–C) groups is 1. The van der Waals surface area contributed by atoms with Crippen LogP contribution in [0.15, 0.2) is 187 Å². The van der Waals surface area contributed by atoms with Gasteiger partial charge in [0.15, 0.2) is 0 Å². The first-order valence-corrected chi connectivity index (χ1v) is 18.4. The molecule has 0 fully saturated rings. The third kappa shape index (κ3) is 8.53. The van der Waals surface area contributed by atoms with Crippen LogP contribution in [0.1, 0.15) is 50.3 Å². The fourth-order valence-corrected chi connectivity index (χ4v) is 6.82. The van der Waals surface area contributed by atoms with E-state index in [2.05, 4.69) is 191 Å². The largest absolute Gasteiger partial charge is 0.281 e. The highest BCUT2D eigenvalue weighted by atomic mass is 14.8. The summed E-state index contributed by atoms with van der Waals surface area (Å²) in [6.45, 7) is 13.5. The third-order valence-electron chi connectivity index (χ3n) is 9.84. The van der Waals surface area contributed by atoms with Crippen molar-refractivity contribution in [3.8, 4) is 33.4 Å². The van der Waals surface area contributed by atoms with Crippen LogP contribution in [0.4, 0.5) is 0 Å². The molecule has 258 valence electrons. The molecule has 0 radical (unpaired) electrons. The predicted molar refractivity (Wildman–Crippen MR) is 224 cm³/mol. The Morgan fingerprint density at radius 2 is 1.13 bits per heavy atom. The molecule has 2 nitrogen and oxygen atoms in total. The van der Waals surface area contributed by atoms with Crippen LogP contribution in [0.2, 0.25) is 0 Å². The minimum absolute atomic E-state index is 0.251. The van der Waals surface area contributed by atoms with Gasteiger partial charge in [0, 0.05) is 18.0 Å². The zero-order valence-electron chi connectivity index (χ0n) is 30.8. The molecule has 6 aromatic rings. The number of allylic oxidation sites excluding steroid dienone is 5. The SMILES string of the molecule is C=C1C=C(c2ccccc2-c2ccccc2)C=C(c2ccccc2-c2ccccc2)C1=N[C@H](CC)[C@H](C)CC.Cc1cccc(-c2cccnc2)c1. The molecule has 0 N–H and O–H groups in total. The Balaban J connectivity index is 0.000000299. The normalized spacial score (nSPS) is 14.5. The number of benzene rings is 5. The second-order valence-corrected chi connectivity index (χ2v) is 13.5.